The number of thiophene rings is 1. The molecule has 7 heteroatoms. The number of rotatable bonds is 4. The van der Waals surface area contributed by atoms with E-state index in [1.807, 2.05) is 6.92 Å². The van der Waals surface area contributed by atoms with Gasteiger partial charge in [0.25, 0.3) is 0 Å². The van der Waals surface area contributed by atoms with Crippen molar-refractivity contribution in [2.45, 2.75) is 46.3 Å². The normalized spacial score (nSPS) is 15.5. The summed E-state index contributed by atoms with van der Waals surface area (Å²) in [6.45, 7) is 9.08. The fourth-order valence-electron chi connectivity index (χ4n) is 3.37. The zero-order valence-corrected chi connectivity index (χ0v) is 15.1. The maximum atomic E-state index is 4.55. The summed E-state index contributed by atoms with van der Waals surface area (Å²) < 4.78 is 2.05. The van der Waals surface area contributed by atoms with Crippen LogP contribution in [0, 0.1) is 13.8 Å². The predicted molar refractivity (Wildman–Crippen MR) is 97.6 cm³/mol. The zero-order valence-electron chi connectivity index (χ0n) is 14.3. The molecule has 2 N–H and O–H groups in total. The number of aryl methyl sites for hydroxylation is 2. The van der Waals surface area contributed by atoms with Gasteiger partial charge < -0.3 is 10.6 Å². The fourth-order valence-corrected chi connectivity index (χ4v) is 4.52. The lowest BCUT2D eigenvalue weighted by atomic mass is 10.1. The number of nitrogens with zero attached hydrogens (tertiary/aromatic N) is 4. The Labute approximate surface area is 145 Å². The SMILES string of the molecule is Cc1cc(C)n(C[C@H](C)Nc2ncnc3sc4c(c23)CCNC4)n1. The molecule has 24 heavy (non-hydrogen) atoms. The molecule has 0 aromatic carbocycles. The van der Waals surface area contributed by atoms with E-state index in [9.17, 15) is 0 Å². The number of anilines is 1. The zero-order chi connectivity index (χ0) is 16.7. The summed E-state index contributed by atoms with van der Waals surface area (Å²) in [7, 11) is 0. The Kier molecular flexibility index (Phi) is 3.97. The lowest BCUT2D eigenvalue weighted by molar-refractivity contribution is 0.545. The molecule has 126 valence electrons. The number of fused-ring (bicyclic) bond motifs is 3. The third-order valence-corrected chi connectivity index (χ3v) is 5.58. The summed E-state index contributed by atoms with van der Waals surface area (Å²) in [6.07, 6.45) is 2.71. The molecule has 4 heterocycles. The largest absolute Gasteiger partial charge is 0.365 e. The highest BCUT2D eigenvalue weighted by Gasteiger charge is 2.20. The molecule has 0 amide bonds. The molecule has 0 radical (unpaired) electrons. The van der Waals surface area contributed by atoms with E-state index in [1.54, 1.807) is 17.7 Å². The van der Waals surface area contributed by atoms with Crippen molar-refractivity contribution in [1.82, 2.24) is 25.1 Å². The first kappa shape index (κ1) is 15.5. The first-order chi connectivity index (χ1) is 11.6. The second kappa shape index (κ2) is 6.14. The van der Waals surface area contributed by atoms with Crippen LogP contribution in [0.5, 0.6) is 0 Å². The average molecular weight is 342 g/mol. The van der Waals surface area contributed by atoms with Gasteiger partial charge in [-0.05, 0) is 45.4 Å². The first-order valence-corrected chi connectivity index (χ1v) is 9.17. The third-order valence-electron chi connectivity index (χ3n) is 4.44. The van der Waals surface area contributed by atoms with E-state index in [-0.39, 0.29) is 6.04 Å². The first-order valence-electron chi connectivity index (χ1n) is 8.35. The molecule has 1 aliphatic rings. The van der Waals surface area contributed by atoms with Crippen molar-refractivity contribution in [3.8, 4) is 0 Å². The molecule has 0 bridgehead atoms. The molecule has 0 saturated carbocycles. The van der Waals surface area contributed by atoms with Gasteiger partial charge in [-0.25, -0.2) is 9.97 Å². The summed E-state index contributed by atoms with van der Waals surface area (Å²) in [5.41, 5.74) is 3.66. The van der Waals surface area contributed by atoms with E-state index in [0.29, 0.717) is 0 Å². The Morgan fingerprint density at radius 1 is 1.38 bits per heavy atom. The maximum Gasteiger partial charge on any atom is 0.138 e. The molecular weight excluding hydrogens is 320 g/mol. The van der Waals surface area contributed by atoms with E-state index >= 15 is 0 Å². The molecule has 3 aromatic heterocycles. The lowest BCUT2D eigenvalue weighted by Crippen LogP contribution is -2.25. The van der Waals surface area contributed by atoms with Crippen LogP contribution in [0.25, 0.3) is 10.2 Å². The van der Waals surface area contributed by atoms with Gasteiger partial charge in [0, 0.05) is 23.2 Å². The predicted octanol–water partition coefficient (Wildman–Crippen LogP) is 2.65. The van der Waals surface area contributed by atoms with Gasteiger partial charge in [-0.1, -0.05) is 0 Å². The molecule has 0 aliphatic carbocycles. The van der Waals surface area contributed by atoms with Gasteiger partial charge in [-0.15, -0.1) is 11.3 Å². The molecule has 0 spiro atoms. The van der Waals surface area contributed by atoms with E-state index in [4.69, 9.17) is 0 Å². The van der Waals surface area contributed by atoms with Crippen LogP contribution in [-0.4, -0.2) is 32.3 Å². The van der Waals surface area contributed by atoms with Gasteiger partial charge in [0.1, 0.15) is 17.0 Å². The Morgan fingerprint density at radius 3 is 3.04 bits per heavy atom. The van der Waals surface area contributed by atoms with Gasteiger partial charge in [-0.3, -0.25) is 4.68 Å². The lowest BCUT2D eigenvalue weighted by Gasteiger charge is -2.17. The average Bonchev–Trinajstić information content (AvgIpc) is 3.07. The summed E-state index contributed by atoms with van der Waals surface area (Å²) in [6, 6.07) is 2.34. The van der Waals surface area contributed by atoms with E-state index in [1.165, 1.54) is 21.5 Å². The number of aromatic nitrogens is 4. The van der Waals surface area contributed by atoms with Gasteiger partial charge in [0.05, 0.1) is 17.6 Å². The minimum absolute atomic E-state index is 0.235. The van der Waals surface area contributed by atoms with Crippen LogP contribution in [0.3, 0.4) is 0 Å². The van der Waals surface area contributed by atoms with Gasteiger partial charge in [-0.2, -0.15) is 5.10 Å². The summed E-state index contributed by atoms with van der Waals surface area (Å²) in [5.74, 6) is 0.952. The van der Waals surface area contributed by atoms with Crippen molar-refractivity contribution < 1.29 is 0 Å². The van der Waals surface area contributed by atoms with Crippen LogP contribution >= 0.6 is 11.3 Å². The number of hydrogen-bond acceptors (Lipinski definition) is 6. The molecule has 0 saturated heterocycles. The third kappa shape index (κ3) is 2.78. The second-order valence-electron chi connectivity index (χ2n) is 6.49. The quantitative estimate of drug-likeness (QED) is 0.763. The van der Waals surface area contributed by atoms with Crippen LogP contribution < -0.4 is 10.6 Å². The summed E-state index contributed by atoms with van der Waals surface area (Å²) in [5, 5.41) is 12.8. The maximum absolute atomic E-state index is 4.55. The fraction of sp³-hybridized carbons (Fsp3) is 0.471. The van der Waals surface area contributed by atoms with Crippen LogP contribution in [-0.2, 0) is 19.5 Å². The standard InChI is InChI=1S/C17H22N6S/c1-10-6-12(3)23(22-10)8-11(2)21-16-15-13-4-5-18-7-14(13)24-17(15)20-9-19-16/h6,9,11,18H,4-5,7-8H2,1-3H3,(H,19,20,21)/t11-/m0/s1. The van der Waals surface area contributed by atoms with Gasteiger partial charge >= 0.3 is 0 Å². The van der Waals surface area contributed by atoms with Gasteiger partial charge in [0.15, 0.2) is 0 Å². The highest BCUT2D eigenvalue weighted by molar-refractivity contribution is 7.18. The van der Waals surface area contributed by atoms with E-state index < -0.39 is 0 Å². The topological polar surface area (TPSA) is 67.7 Å². The van der Waals surface area contributed by atoms with E-state index in [2.05, 4.69) is 50.3 Å². The summed E-state index contributed by atoms with van der Waals surface area (Å²) >= 11 is 1.78. The second-order valence-corrected chi connectivity index (χ2v) is 7.57. The van der Waals surface area contributed by atoms with Crippen molar-refractivity contribution in [3.63, 3.8) is 0 Å². The van der Waals surface area contributed by atoms with Crippen LogP contribution in [0.15, 0.2) is 12.4 Å². The smallest absolute Gasteiger partial charge is 0.138 e. The molecule has 1 atom stereocenters. The molecule has 0 fully saturated rings. The highest BCUT2D eigenvalue weighted by Crippen LogP contribution is 2.35. The summed E-state index contributed by atoms with van der Waals surface area (Å²) in [4.78, 5) is 11.5. The Hall–Kier alpha value is -1.99. The van der Waals surface area contributed by atoms with Crippen LogP contribution in [0.1, 0.15) is 28.8 Å². The Bertz CT molecular complexity index is 881. The number of hydrogen-bond donors (Lipinski definition) is 2. The number of nitrogens with one attached hydrogen (secondary N) is 2. The Morgan fingerprint density at radius 2 is 2.25 bits per heavy atom. The minimum Gasteiger partial charge on any atom is -0.365 e. The highest BCUT2D eigenvalue weighted by atomic mass is 32.1. The van der Waals surface area contributed by atoms with Gasteiger partial charge in [0.2, 0.25) is 0 Å². The molecule has 4 rings (SSSR count). The van der Waals surface area contributed by atoms with Crippen LogP contribution in [0.2, 0.25) is 0 Å². The van der Waals surface area contributed by atoms with Crippen LogP contribution in [0.4, 0.5) is 5.82 Å². The van der Waals surface area contributed by atoms with Crippen molar-refractivity contribution in [3.05, 3.63) is 34.2 Å². The van der Waals surface area contributed by atoms with Crippen molar-refractivity contribution in [1.29, 1.82) is 0 Å². The van der Waals surface area contributed by atoms with Crippen molar-refractivity contribution in [2.75, 3.05) is 11.9 Å². The Balaban J connectivity index is 1.62. The van der Waals surface area contributed by atoms with Crippen molar-refractivity contribution in [2.24, 2.45) is 0 Å². The van der Waals surface area contributed by atoms with E-state index in [0.717, 1.165) is 42.4 Å². The molecule has 0 unspecified atom stereocenters. The molecule has 1 aliphatic heterocycles. The minimum atomic E-state index is 0.235. The molecule has 3 aromatic rings. The molecular formula is C17H22N6S. The van der Waals surface area contributed by atoms with Crippen molar-refractivity contribution >= 4 is 27.4 Å². The molecule has 6 nitrogen and oxygen atoms in total. The monoisotopic (exact) mass is 342 g/mol.